The number of carbonyl (C=O) groups is 2. The van der Waals surface area contributed by atoms with Crippen LogP contribution in [0.2, 0.25) is 5.02 Å². The first-order valence-corrected chi connectivity index (χ1v) is 7.78. The number of ether oxygens (including phenoxy) is 1. The van der Waals surface area contributed by atoms with Gasteiger partial charge < -0.3 is 20.0 Å². The van der Waals surface area contributed by atoms with Crippen LogP contribution in [0.5, 0.6) is 5.75 Å². The Morgan fingerprint density at radius 3 is 2.62 bits per heavy atom. The van der Waals surface area contributed by atoms with Crippen LogP contribution in [-0.4, -0.2) is 23.9 Å². The van der Waals surface area contributed by atoms with Crippen molar-refractivity contribution in [3.8, 4) is 5.75 Å². The number of methoxy groups -OCH3 is 1. The van der Waals surface area contributed by atoms with Crippen LogP contribution in [0.1, 0.15) is 28.4 Å². The number of halogens is 1. The van der Waals surface area contributed by atoms with Gasteiger partial charge in [-0.15, -0.1) is 0 Å². The van der Waals surface area contributed by atoms with Gasteiger partial charge >= 0.3 is 0 Å². The maximum atomic E-state index is 12.5. The highest BCUT2D eigenvalue weighted by atomic mass is 35.5. The number of nitro benzene ring substituents is 1. The van der Waals surface area contributed by atoms with Crippen molar-refractivity contribution in [1.82, 2.24) is 5.32 Å². The summed E-state index contributed by atoms with van der Waals surface area (Å²) < 4.78 is 5.04. The molecule has 136 valence electrons. The van der Waals surface area contributed by atoms with Crippen LogP contribution in [-0.2, 0) is 4.79 Å². The quantitative estimate of drug-likeness (QED) is 0.580. The molecule has 26 heavy (non-hydrogen) atoms. The van der Waals surface area contributed by atoms with E-state index >= 15 is 0 Å². The highest BCUT2D eigenvalue weighted by Crippen LogP contribution is 2.29. The lowest BCUT2D eigenvalue weighted by Crippen LogP contribution is -2.34. The molecule has 0 saturated carbocycles. The maximum Gasteiger partial charge on any atom is 0.269 e. The Morgan fingerprint density at radius 1 is 1.27 bits per heavy atom. The highest BCUT2D eigenvalue weighted by molar-refractivity contribution is 6.31. The van der Waals surface area contributed by atoms with Crippen LogP contribution >= 0.6 is 11.6 Å². The summed E-state index contributed by atoms with van der Waals surface area (Å²) in [5, 5.41) is 24.6. The second kappa shape index (κ2) is 8.30. The number of nitrogens with zero attached hydrogens (tertiary/aromatic N) is 1. The van der Waals surface area contributed by atoms with Crippen molar-refractivity contribution in [2.75, 3.05) is 7.11 Å². The number of amides is 1. The van der Waals surface area contributed by atoms with E-state index in [1.807, 2.05) is 0 Å². The van der Waals surface area contributed by atoms with Gasteiger partial charge in [0.15, 0.2) is 0 Å². The largest absolute Gasteiger partial charge is 0.550 e. The number of aliphatic carboxylic acids is 1. The molecule has 0 bridgehead atoms. The van der Waals surface area contributed by atoms with Gasteiger partial charge in [-0.3, -0.25) is 14.9 Å². The van der Waals surface area contributed by atoms with Gasteiger partial charge in [-0.1, -0.05) is 17.7 Å². The molecule has 1 N–H and O–H groups in total. The molecule has 0 saturated heterocycles. The number of carboxylic acid groups (broad SMARTS) is 1. The second-order valence-electron chi connectivity index (χ2n) is 5.30. The van der Waals surface area contributed by atoms with E-state index in [4.69, 9.17) is 16.3 Å². The predicted octanol–water partition coefficient (Wildman–Crippen LogP) is 1.87. The summed E-state index contributed by atoms with van der Waals surface area (Å²) in [5.74, 6) is -1.58. The first-order chi connectivity index (χ1) is 12.3. The normalized spacial score (nSPS) is 11.5. The summed E-state index contributed by atoms with van der Waals surface area (Å²) in [6, 6.07) is 8.71. The number of nitro groups is 1. The molecule has 0 unspecified atom stereocenters. The minimum absolute atomic E-state index is 0.0905. The second-order valence-corrected chi connectivity index (χ2v) is 5.70. The molecule has 9 heteroatoms. The Hall–Kier alpha value is -3.13. The van der Waals surface area contributed by atoms with E-state index in [1.54, 1.807) is 12.1 Å². The Kier molecular flexibility index (Phi) is 6.13. The predicted molar refractivity (Wildman–Crippen MR) is 90.9 cm³/mol. The summed E-state index contributed by atoms with van der Waals surface area (Å²) in [7, 11) is 1.44. The Bertz CT molecular complexity index is 855. The molecule has 0 radical (unpaired) electrons. The fourth-order valence-corrected chi connectivity index (χ4v) is 2.57. The molecule has 1 amide bonds. The zero-order valence-electron chi connectivity index (χ0n) is 13.6. The summed E-state index contributed by atoms with van der Waals surface area (Å²) in [6.45, 7) is 0. The smallest absolute Gasteiger partial charge is 0.269 e. The zero-order chi connectivity index (χ0) is 19.3. The lowest BCUT2D eigenvalue weighted by Gasteiger charge is -2.21. The topological polar surface area (TPSA) is 122 Å². The van der Waals surface area contributed by atoms with Gasteiger partial charge in [0.05, 0.1) is 18.1 Å². The average molecular weight is 378 g/mol. The molecule has 0 aliphatic carbocycles. The van der Waals surface area contributed by atoms with E-state index < -0.39 is 29.3 Å². The fraction of sp³-hybridized carbons (Fsp3) is 0.176. The van der Waals surface area contributed by atoms with Gasteiger partial charge in [0.25, 0.3) is 11.6 Å². The van der Waals surface area contributed by atoms with Gasteiger partial charge in [-0.05, 0) is 24.3 Å². The molecular weight excluding hydrogens is 364 g/mol. The number of hydrogen-bond acceptors (Lipinski definition) is 6. The average Bonchev–Trinajstić information content (AvgIpc) is 2.61. The summed E-state index contributed by atoms with van der Waals surface area (Å²) in [4.78, 5) is 33.8. The van der Waals surface area contributed by atoms with E-state index in [-0.39, 0.29) is 21.8 Å². The van der Waals surface area contributed by atoms with Gasteiger partial charge in [-0.2, -0.15) is 0 Å². The fourth-order valence-electron chi connectivity index (χ4n) is 2.32. The summed E-state index contributed by atoms with van der Waals surface area (Å²) >= 11 is 6.05. The van der Waals surface area contributed by atoms with Crippen LogP contribution in [0.25, 0.3) is 0 Å². The van der Waals surface area contributed by atoms with Crippen molar-refractivity contribution in [3.63, 3.8) is 0 Å². The van der Waals surface area contributed by atoms with Gasteiger partial charge in [0.1, 0.15) is 5.75 Å². The number of carbonyl (C=O) groups excluding carboxylic acids is 2. The van der Waals surface area contributed by atoms with E-state index in [0.717, 1.165) is 6.07 Å². The molecule has 0 spiro atoms. The third-order valence-electron chi connectivity index (χ3n) is 3.57. The van der Waals surface area contributed by atoms with Crippen LogP contribution in [0, 0.1) is 10.1 Å². The standard InChI is InChI=1S/C17H15ClN2O6/c1-26-12-4-2-3-10(7-12)17(23)19-15(9-16(21)22)13-8-11(20(24)25)5-6-14(13)18/h2-8,15H,9H2,1H3,(H,19,23)(H,21,22)/p-1/t15-/m0/s1. The number of non-ortho nitro benzene ring substituents is 1. The van der Waals surface area contributed by atoms with Crippen LogP contribution in [0.3, 0.4) is 0 Å². The zero-order valence-corrected chi connectivity index (χ0v) is 14.4. The number of carboxylic acids is 1. The maximum absolute atomic E-state index is 12.5. The van der Waals surface area contributed by atoms with E-state index in [2.05, 4.69) is 5.32 Å². The van der Waals surface area contributed by atoms with E-state index in [0.29, 0.717) is 5.75 Å². The van der Waals surface area contributed by atoms with Crippen molar-refractivity contribution >= 4 is 29.2 Å². The Morgan fingerprint density at radius 2 is 2.00 bits per heavy atom. The van der Waals surface area contributed by atoms with Gasteiger partial charge in [-0.25, -0.2) is 0 Å². The minimum atomic E-state index is -1.44. The number of benzene rings is 2. The molecular formula is C17H14ClN2O6-. The lowest BCUT2D eigenvalue weighted by molar-refractivity contribution is -0.385. The Labute approximate surface area is 153 Å². The highest BCUT2D eigenvalue weighted by Gasteiger charge is 2.21. The summed E-state index contributed by atoms with van der Waals surface area (Å²) in [6.07, 6.45) is -0.601. The third-order valence-corrected chi connectivity index (χ3v) is 3.92. The molecule has 2 rings (SSSR count). The van der Waals surface area contributed by atoms with Crippen LogP contribution in [0.15, 0.2) is 42.5 Å². The van der Waals surface area contributed by atoms with Gasteiger partial charge in [0, 0.05) is 40.7 Å². The third kappa shape index (κ3) is 4.70. The van der Waals surface area contributed by atoms with Crippen LogP contribution < -0.4 is 15.2 Å². The molecule has 0 aliphatic rings. The summed E-state index contributed by atoms with van der Waals surface area (Å²) in [5.41, 5.74) is 0.0685. The number of hydrogen-bond donors (Lipinski definition) is 1. The monoisotopic (exact) mass is 377 g/mol. The van der Waals surface area contributed by atoms with Gasteiger partial charge in [0.2, 0.25) is 0 Å². The molecule has 0 fully saturated rings. The molecule has 1 atom stereocenters. The molecule has 2 aromatic carbocycles. The van der Waals surface area contributed by atoms with Crippen molar-refractivity contribution < 1.29 is 24.4 Å². The SMILES string of the molecule is COc1cccc(C(=O)N[C@@H](CC(=O)[O-])c2cc([N+](=O)[O-])ccc2Cl)c1. The van der Waals surface area contributed by atoms with E-state index in [9.17, 15) is 24.8 Å². The van der Waals surface area contributed by atoms with E-state index in [1.165, 1.54) is 31.4 Å². The van der Waals surface area contributed by atoms with Crippen molar-refractivity contribution in [2.45, 2.75) is 12.5 Å². The number of nitrogens with one attached hydrogen (secondary N) is 1. The van der Waals surface area contributed by atoms with Crippen LogP contribution in [0.4, 0.5) is 5.69 Å². The Balaban J connectivity index is 2.36. The molecule has 0 aliphatic heterocycles. The van der Waals surface area contributed by atoms with Crippen molar-refractivity contribution in [3.05, 3.63) is 68.7 Å². The first kappa shape index (κ1) is 19.2. The molecule has 8 nitrogen and oxygen atoms in total. The molecule has 2 aromatic rings. The van der Waals surface area contributed by atoms with Crippen molar-refractivity contribution in [1.29, 1.82) is 0 Å². The molecule has 0 heterocycles. The lowest BCUT2D eigenvalue weighted by atomic mass is 10.0. The van der Waals surface area contributed by atoms with Crippen molar-refractivity contribution in [2.24, 2.45) is 0 Å². The first-order valence-electron chi connectivity index (χ1n) is 7.40. The minimum Gasteiger partial charge on any atom is -0.550 e. The molecule has 0 aromatic heterocycles. The number of rotatable bonds is 7.